The van der Waals surface area contributed by atoms with Gasteiger partial charge in [-0.05, 0) is 24.3 Å². The maximum absolute atomic E-state index is 13.1. The SMILES string of the molecule is O=c1[nH]c2ccc(O)cc2n1-c1ccccc1C(F)(F)F. The van der Waals surface area contributed by atoms with Gasteiger partial charge in [-0.2, -0.15) is 13.2 Å². The van der Waals surface area contributed by atoms with Gasteiger partial charge in [0.15, 0.2) is 0 Å². The van der Waals surface area contributed by atoms with Crippen molar-refractivity contribution < 1.29 is 18.3 Å². The number of phenols is 1. The minimum Gasteiger partial charge on any atom is -0.508 e. The Bertz CT molecular complexity index is 878. The second-order valence-electron chi connectivity index (χ2n) is 4.48. The standard InChI is InChI=1S/C14H9F3N2O2/c15-14(16,17)9-3-1-2-4-11(9)19-12-7-8(20)5-6-10(12)18-13(19)21/h1-7,20H,(H,18,21). The van der Waals surface area contributed by atoms with Crippen LogP contribution >= 0.6 is 0 Å². The number of rotatable bonds is 1. The number of aromatic hydroxyl groups is 1. The van der Waals surface area contributed by atoms with Crippen LogP contribution in [-0.2, 0) is 6.18 Å². The molecule has 21 heavy (non-hydrogen) atoms. The molecule has 0 radical (unpaired) electrons. The van der Waals surface area contributed by atoms with E-state index in [-0.39, 0.29) is 17.0 Å². The van der Waals surface area contributed by atoms with E-state index < -0.39 is 17.4 Å². The summed E-state index contributed by atoms with van der Waals surface area (Å²) in [5.41, 5.74) is -1.39. The van der Waals surface area contributed by atoms with Crippen LogP contribution in [0.15, 0.2) is 47.3 Å². The molecule has 2 aromatic carbocycles. The third-order valence-electron chi connectivity index (χ3n) is 3.12. The monoisotopic (exact) mass is 294 g/mol. The maximum atomic E-state index is 13.1. The Labute approximate surface area is 116 Å². The molecule has 0 aliphatic rings. The number of para-hydroxylation sites is 1. The summed E-state index contributed by atoms with van der Waals surface area (Å²) in [6, 6.07) is 8.80. The average Bonchev–Trinajstić information content (AvgIpc) is 2.73. The third kappa shape index (κ3) is 2.16. The molecule has 2 N–H and O–H groups in total. The molecule has 0 atom stereocenters. The van der Waals surface area contributed by atoms with Gasteiger partial charge in [-0.3, -0.25) is 4.57 Å². The average molecular weight is 294 g/mol. The molecular formula is C14H9F3N2O2. The van der Waals surface area contributed by atoms with Crippen LogP contribution in [0.25, 0.3) is 16.7 Å². The second-order valence-corrected chi connectivity index (χ2v) is 4.48. The molecule has 0 bridgehead atoms. The molecule has 0 unspecified atom stereocenters. The number of H-pyrrole nitrogens is 1. The van der Waals surface area contributed by atoms with Gasteiger partial charge in [0.05, 0.1) is 22.3 Å². The van der Waals surface area contributed by atoms with E-state index in [9.17, 15) is 23.1 Å². The number of benzene rings is 2. The molecule has 0 spiro atoms. The van der Waals surface area contributed by atoms with E-state index in [4.69, 9.17) is 0 Å². The highest BCUT2D eigenvalue weighted by atomic mass is 19.4. The zero-order valence-corrected chi connectivity index (χ0v) is 10.5. The van der Waals surface area contributed by atoms with Crippen LogP contribution in [0.2, 0.25) is 0 Å². The van der Waals surface area contributed by atoms with Crippen molar-refractivity contribution in [3.05, 3.63) is 58.5 Å². The molecule has 0 saturated carbocycles. The molecule has 3 rings (SSSR count). The van der Waals surface area contributed by atoms with Crippen molar-refractivity contribution in [2.75, 3.05) is 0 Å². The van der Waals surface area contributed by atoms with E-state index in [0.717, 1.165) is 10.6 Å². The quantitative estimate of drug-likeness (QED) is 0.724. The number of fused-ring (bicyclic) bond motifs is 1. The van der Waals surface area contributed by atoms with E-state index in [1.807, 2.05) is 0 Å². The lowest BCUT2D eigenvalue weighted by molar-refractivity contribution is -0.137. The van der Waals surface area contributed by atoms with Crippen molar-refractivity contribution in [3.8, 4) is 11.4 Å². The number of aromatic nitrogens is 2. The zero-order chi connectivity index (χ0) is 15.2. The fraction of sp³-hybridized carbons (Fsp3) is 0.0714. The summed E-state index contributed by atoms with van der Waals surface area (Å²) < 4.78 is 40.1. The number of alkyl halides is 3. The fourth-order valence-electron chi connectivity index (χ4n) is 2.24. The first-order valence-electron chi connectivity index (χ1n) is 5.98. The van der Waals surface area contributed by atoms with Gasteiger partial charge < -0.3 is 10.1 Å². The highest BCUT2D eigenvalue weighted by molar-refractivity contribution is 5.79. The van der Waals surface area contributed by atoms with Gasteiger partial charge in [-0.25, -0.2) is 4.79 Å². The summed E-state index contributed by atoms with van der Waals surface area (Å²) in [7, 11) is 0. The van der Waals surface area contributed by atoms with Crippen LogP contribution in [0.1, 0.15) is 5.56 Å². The highest BCUT2D eigenvalue weighted by Gasteiger charge is 2.34. The van der Waals surface area contributed by atoms with Gasteiger partial charge in [-0.1, -0.05) is 12.1 Å². The van der Waals surface area contributed by atoms with E-state index in [0.29, 0.717) is 5.52 Å². The number of hydrogen-bond acceptors (Lipinski definition) is 2. The maximum Gasteiger partial charge on any atom is 0.418 e. The minimum absolute atomic E-state index is 0.139. The first-order valence-corrected chi connectivity index (χ1v) is 5.98. The molecule has 1 aromatic heterocycles. The zero-order valence-electron chi connectivity index (χ0n) is 10.5. The Hall–Kier alpha value is -2.70. The normalized spacial score (nSPS) is 12.0. The molecule has 0 aliphatic carbocycles. The van der Waals surface area contributed by atoms with Crippen LogP contribution < -0.4 is 5.69 Å². The van der Waals surface area contributed by atoms with Crippen LogP contribution in [-0.4, -0.2) is 14.7 Å². The van der Waals surface area contributed by atoms with Crippen molar-refractivity contribution in [1.82, 2.24) is 9.55 Å². The highest BCUT2D eigenvalue weighted by Crippen LogP contribution is 2.34. The van der Waals surface area contributed by atoms with Gasteiger partial charge in [-0.15, -0.1) is 0 Å². The van der Waals surface area contributed by atoms with E-state index in [2.05, 4.69) is 4.98 Å². The summed E-state index contributed by atoms with van der Waals surface area (Å²) in [6.45, 7) is 0. The molecule has 0 aliphatic heterocycles. The first kappa shape index (κ1) is 13.3. The van der Waals surface area contributed by atoms with Crippen LogP contribution in [0, 0.1) is 0 Å². The van der Waals surface area contributed by atoms with Gasteiger partial charge in [0.25, 0.3) is 0 Å². The van der Waals surface area contributed by atoms with Crippen LogP contribution in [0.4, 0.5) is 13.2 Å². The van der Waals surface area contributed by atoms with Crippen molar-refractivity contribution in [2.24, 2.45) is 0 Å². The fourth-order valence-corrected chi connectivity index (χ4v) is 2.24. The summed E-state index contributed by atoms with van der Waals surface area (Å²) >= 11 is 0. The summed E-state index contributed by atoms with van der Waals surface area (Å²) in [5.74, 6) is -0.139. The Morgan fingerprint density at radius 2 is 1.81 bits per heavy atom. The first-order chi connectivity index (χ1) is 9.88. The largest absolute Gasteiger partial charge is 0.508 e. The number of hydrogen-bond donors (Lipinski definition) is 2. The van der Waals surface area contributed by atoms with Gasteiger partial charge in [0.1, 0.15) is 5.75 Å². The Morgan fingerprint density at radius 3 is 2.52 bits per heavy atom. The summed E-state index contributed by atoms with van der Waals surface area (Å²) in [6.07, 6.45) is -4.59. The molecule has 0 saturated heterocycles. The van der Waals surface area contributed by atoms with Crippen molar-refractivity contribution >= 4 is 11.0 Å². The molecule has 0 fully saturated rings. The van der Waals surface area contributed by atoms with Gasteiger partial charge >= 0.3 is 11.9 Å². The predicted molar refractivity (Wildman–Crippen MR) is 70.6 cm³/mol. The van der Waals surface area contributed by atoms with Crippen LogP contribution in [0.3, 0.4) is 0 Å². The van der Waals surface area contributed by atoms with E-state index in [1.54, 1.807) is 0 Å². The minimum atomic E-state index is -4.59. The number of nitrogens with zero attached hydrogens (tertiary/aromatic N) is 1. The number of imidazole rings is 1. The van der Waals surface area contributed by atoms with Crippen molar-refractivity contribution in [3.63, 3.8) is 0 Å². The van der Waals surface area contributed by atoms with Crippen LogP contribution in [0.5, 0.6) is 5.75 Å². The van der Waals surface area contributed by atoms with E-state index >= 15 is 0 Å². The predicted octanol–water partition coefficient (Wildman–Crippen LogP) is 3.04. The Morgan fingerprint density at radius 1 is 1.10 bits per heavy atom. The summed E-state index contributed by atoms with van der Waals surface area (Å²) in [5, 5.41) is 9.49. The molecule has 108 valence electrons. The third-order valence-corrected chi connectivity index (χ3v) is 3.12. The lowest BCUT2D eigenvalue weighted by Gasteiger charge is -2.13. The van der Waals surface area contributed by atoms with Gasteiger partial charge in [0.2, 0.25) is 0 Å². The number of halogens is 3. The molecule has 1 heterocycles. The summed E-state index contributed by atoms with van der Waals surface area (Å²) in [4.78, 5) is 14.4. The lowest BCUT2D eigenvalue weighted by atomic mass is 10.1. The van der Waals surface area contributed by atoms with Crippen molar-refractivity contribution in [2.45, 2.75) is 6.18 Å². The van der Waals surface area contributed by atoms with E-state index in [1.165, 1.54) is 36.4 Å². The smallest absolute Gasteiger partial charge is 0.418 e. The lowest BCUT2D eigenvalue weighted by Crippen LogP contribution is -2.19. The second kappa shape index (κ2) is 4.41. The van der Waals surface area contributed by atoms with Gasteiger partial charge in [0, 0.05) is 6.07 Å². The van der Waals surface area contributed by atoms with Crippen molar-refractivity contribution in [1.29, 1.82) is 0 Å². The molecular weight excluding hydrogens is 285 g/mol. The molecule has 0 amide bonds. The number of aromatic amines is 1. The topological polar surface area (TPSA) is 58.0 Å². The Balaban J connectivity index is 2.39. The number of nitrogens with one attached hydrogen (secondary N) is 1. The molecule has 3 aromatic rings. The Kier molecular flexibility index (Phi) is 2.79. The molecule has 7 heteroatoms. The number of phenolic OH excluding ortho intramolecular Hbond substituents is 1. The molecule has 4 nitrogen and oxygen atoms in total.